The Hall–Kier alpha value is -1.72. The predicted octanol–water partition coefficient (Wildman–Crippen LogP) is 2.97. The van der Waals surface area contributed by atoms with Gasteiger partial charge in [0.05, 0.1) is 24.7 Å². The molecule has 0 radical (unpaired) electrons. The Balaban J connectivity index is 1.54. The summed E-state index contributed by atoms with van der Waals surface area (Å²) in [7, 11) is 0. The molecular formula is C29H41NO6. The molecule has 5 rings (SSSR count). The number of ether oxygens (including phenoxy) is 2. The van der Waals surface area contributed by atoms with Crippen molar-refractivity contribution in [3.63, 3.8) is 0 Å². The first kappa shape index (κ1) is 25.9. The van der Waals surface area contributed by atoms with Crippen LogP contribution in [0.2, 0.25) is 0 Å². The number of terminal acetylenes is 1. The van der Waals surface area contributed by atoms with Crippen molar-refractivity contribution < 1.29 is 29.3 Å². The molecule has 4 fully saturated rings. The summed E-state index contributed by atoms with van der Waals surface area (Å²) < 4.78 is 12.5. The van der Waals surface area contributed by atoms with Gasteiger partial charge >= 0.3 is 5.97 Å². The molecular weight excluding hydrogens is 458 g/mol. The Kier molecular flexibility index (Phi) is 6.43. The summed E-state index contributed by atoms with van der Waals surface area (Å²) in [5.41, 5.74) is -2.07. The normalized spacial score (nSPS) is 47.8. The van der Waals surface area contributed by atoms with Gasteiger partial charge in [-0.2, -0.15) is 0 Å². The van der Waals surface area contributed by atoms with E-state index < -0.39 is 34.6 Å². The molecule has 7 nitrogen and oxygen atoms in total. The van der Waals surface area contributed by atoms with E-state index in [0.717, 1.165) is 31.1 Å². The first-order chi connectivity index (χ1) is 17.1. The molecule has 0 spiro atoms. The maximum atomic E-state index is 13.5. The van der Waals surface area contributed by atoms with Crippen LogP contribution in [0.4, 0.5) is 0 Å². The second kappa shape index (κ2) is 8.94. The van der Waals surface area contributed by atoms with Gasteiger partial charge in [0.15, 0.2) is 6.29 Å². The third kappa shape index (κ3) is 3.20. The Labute approximate surface area is 214 Å². The number of aliphatic hydroxyl groups is 1. The van der Waals surface area contributed by atoms with Crippen molar-refractivity contribution in [3.8, 4) is 12.3 Å². The van der Waals surface area contributed by atoms with Gasteiger partial charge in [-0.15, -0.1) is 6.42 Å². The fourth-order valence-corrected chi connectivity index (χ4v) is 9.42. The minimum atomic E-state index is -1.29. The number of β-amino-alcohol motifs (C(OH)–C–C–N with tert-alkyl or cyclic N) is 1. The fourth-order valence-electron chi connectivity index (χ4n) is 9.42. The highest BCUT2D eigenvalue weighted by molar-refractivity contribution is 5.90. The van der Waals surface area contributed by atoms with Crippen LogP contribution < -0.4 is 0 Å². The molecule has 3 saturated carbocycles. The Morgan fingerprint density at radius 1 is 1.33 bits per heavy atom. The maximum absolute atomic E-state index is 13.5. The lowest BCUT2D eigenvalue weighted by Gasteiger charge is -2.58. The number of hydrogen-bond acceptors (Lipinski definition) is 6. The Morgan fingerprint density at radius 2 is 2.08 bits per heavy atom. The van der Waals surface area contributed by atoms with Crippen LogP contribution in [0, 0.1) is 58.2 Å². The number of carboxylic acid groups (broad SMARTS) is 1. The molecule has 10 atom stereocenters. The standard InChI is InChI=1S/C29H41NO6/c1-6-9-30-13-19(5)36-25(24(32)14-30)35-16-28-12-21-18(4)7-8-22(21)27(15-31)11-20(28)10-23(17(2)3)29(27,28)26(33)34/h1,10,15,17-22,24-25,32H,7-9,11-14,16H2,2-5H3,(H,33,34)/t18-,19-,20?,21-,22-,24+,25-,27?,28?,29+/m1/s1. The number of carboxylic acids is 1. The number of aliphatic carboxylic acids is 1. The number of fused-ring (bicyclic) bond motifs is 2. The molecule has 2 N–H and O–H groups in total. The molecule has 0 aromatic heterocycles. The van der Waals surface area contributed by atoms with Crippen LogP contribution in [0.25, 0.3) is 0 Å². The van der Waals surface area contributed by atoms with Crippen LogP contribution in [0.3, 0.4) is 0 Å². The molecule has 4 bridgehead atoms. The highest BCUT2D eigenvalue weighted by atomic mass is 16.7. The average molecular weight is 500 g/mol. The van der Waals surface area contributed by atoms with Crippen molar-refractivity contribution in [2.75, 3.05) is 26.2 Å². The summed E-state index contributed by atoms with van der Waals surface area (Å²) in [5.74, 6) is 2.51. The molecule has 3 unspecified atom stereocenters. The van der Waals surface area contributed by atoms with Crippen molar-refractivity contribution in [1.29, 1.82) is 0 Å². The lowest BCUT2D eigenvalue weighted by molar-refractivity contribution is -0.235. The first-order valence-electron chi connectivity index (χ1n) is 13.6. The number of allylic oxidation sites excluding steroid dienone is 1. The molecule has 1 aliphatic heterocycles. The second-order valence-corrected chi connectivity index (χ2v) is 12.6. The maximum Gasteiger partial charge on any atom is 0.315 e. The number of carbonyl (C=O) groups is 2. The van der Waals surface area contributed by atoms with Crippen molar-refractivity contribution >= 4 is 12.3 Å². The van der Waals surface area contributed by atoms with Crippen molar-refractivity contribution in [3.05, 3.63) is 11.6 Å². The van der Waals surface area contributed by atoms with Crippen LogP contribution in [0.1, 0.15) is 53.4 Å². The molecule has 4 aliphatic carbocycles. The van der Waals surface area contributed by atoms with Gasteiger partial charge in [0.1, 0.15) is 17.8 Å². The predicted molar refractivity (Wildman–Crippen MR) is 134 cm³/mol. The fraction of sp³-hybridized carbons (Fsp3) is 0.793. The van der Waals surface area contributed by atoms with Gasteiger partial charge in [-0.25, -0.2) is 0 Å². The molecule has 5 aliphatic rings. The quantitative estimate of drug-likeness (QED) is 0.316. The smallest absolute Gasteiger partial charge is 0.315 e. The van der Waals surface area contributed by atoms with Crippen LogP contribution in [-0.4, -0.2) is 72.1 Å². The number of aldehydes is 1. The summed E-state index contributed by atoms with van der Waals surface area (Å²) in [4.78, 5) is 28.6. The van der Waals surface area contributed by atoms with Crippen LogP contribution in [0.5, 0.6) is 0 Å². The lowest BCUT2D eigenvalue weighted by Crippen LogP contribution is -2.63. The SMILES string of the molecule is C#CCN1C[C@@H](C)O[C@@H](OCC23C[C@@H]4[C@H](C)CC[C@H]4C4(C=O)CC2C=C(C(C)C)[C@@]34C(=O)O)[C@@H](O)C1. The zero-order valence-corrected chi connectivity index (χ0v) is 22.0. The van der Waals surface area contributed by atoms with E-state index in [1.54, 1.807) is 0 Å². The van der Waals surface area contributed by atoms with Gasteiger partial charge in [-0.3, -0.25) is 9.69 Å². The molecule has 0 aromatic carbocycles. The molecule has 7 heteroatoms. The summed E-state index contributed by atoms with van der Waals surface area (Å²) in [6.45, 7) is 9.72. The topological polar surface area (TPSA) is 96.3 Å². The van der Waals surface area contributed by atoms with Gasteiger partial charge in [0.25, 0.3) is 0 Å². The molecule has 198 valence electrons. The highest BCUT2D eigenvalue weighted by Gasteiger charge is 2.84. The van der Waals surface area contributed by atoms with E-state index in [9.17, 15) is 19.8 Å². The van der Waals surface area contributed by atoms with E-state index in [4.69, 9.17) is 15.9 Å². The summed E-state index contributed by atoms with van der Waals surface area (Å²) in [6.07, 6.45) is 9.91. The minimum Gasteiger partial charge on any atom is -0.481 e. The van der Waals surface area contributed by atoms with E-state index in [1.807, 2.05) is 25.7 Å². The van der Waals surface area contributed by atoms with Crippen molar-refractivity contribution in [2.45, 2.75) is 71.9 Å². The molecule has 1 saturated heterocycles. The van der Waals surface area contributed by atoms with E-state index >= 15 is 0 Å². The Bertz CT molecular complexity index is 987. The van der Waals surface area contributed by atoms with E-state index in [2.05, 4.69) is 18.9 Å². The molecule has 1 heterocycles. The Morgan fingerprint density at radius 3 is 2.72 bits per heavy atom. The molecule has 0 amide bonds. The minimum absolute atomic E-state index is 0.0116. The van der Waals surface area contributed by atoms with E-state index in [-0.39, 0.29) is 30.5 Å². The van der Waals surface area contributed by atoms with Crippen LogP contribution >= 0.6 is 0 Å². The second-order valence-electron chi connectivity index (χ2n) is 12.6. The lowest BCUT2D eigenvalue weighted by atomic mass is 9.43. The molecule has 0 aromatic rings. The van der Waals surface area contributed by atoms with E-state index in [1.165, 1.54) is 0 Å². The van der Waals surface area contributed by atoms with Gasteiger partial charge in [0.2, 0.25) is 0 Å². The first-order valence-corrected chi connectivity index (χ1v) is 13.6. The third-order valence-electron chi connectivity index (χ3n) is 10.6. The third-order valence-corrected chi connectivity index (χ3v) is 10.6. The number of rotatable bonds is 7. The summed E-state index contributed by atoms with van der Waals surface area (Å²) in [5, 5.41) is 22.0. The average Bonchev–Trinajstić information content (AvgIpc) is 3.34. The summed E-state index contributed by atoms with van der Waals surface area (Å²) >= 11 is 0. The van der Waals surface area contributed by atoms with Crippen molar-refractivity contribution in [1.82, 2.24) is 4.90 Å². The molecule has 36 heavy (non-hydrogen) atoms. The summed E-state index contributed by atoms with van der Waals surface area (Å²) in [6, 6.07) is 0. The zero-order chi connectivity index (χ0) is 26.0. The highest BCUT2D eigenvalue weighted by Crippen LogP contribution is 2.82. The number of carbonyl (C=O) groups excluding carboxylic acids is 1. The van der Waals surface area contributed by atoms with Gasteiger partial charge in [-0.05, 0) is 55.8 Å². The number of nitrogens with zero attached hydrogens (tertiary/aromatic N) is 1. The van der Waals surface area contributed by atoms with Crippen molar-refractivity contribution in [2.24, 2.45) is 45.8 Å². The van der Waals surface area contributed by atoms with Gasteiger partial charge < -0.3 is 24.5 Å². The monoisotopic (exact) mass is 499 g/mol. The largest absolute Gasteiger partial charge is 0.481 e. The van der Waals surface area contributed by atoms with E-state index in [0.29, 0.717) is 37.9 Å². The van der Waals surface area contributed by atoms with Crippen LogP contribution in [0.15, 0.2) is 11.6 Å². The van der Waals surface area contributed by atoms with Gasteiger partial charge in [-0.1, -0.05) is 44.8 Å². The zero-order valence-electron chi connectivity index (χ0n) is 22.0. The van der Waals surface area contributed by atoms with Crippen LogP contribution in [-0.2, 0) is 19.1 Å². The van der Waals surface area contributed by atoms with Gasteiger partial charge in [0, 0.05) is 18.5 Å². The number of hydrogen-bond donors (Lipinski definition) is 2. The number of aliphatic hydroxyl groups excluding tert-OH is 1.